The molecule has 0 saturated carbocycles. The predicted molar refractivity (Wildman–Crippen MR) is 86.3 cm³/mol. The van der Waals surface area contributed by atoms with E-state index in [1.165, 1.54) is 12.1 Å². The van der Waals surface area contributed by atoms with Gasteiger partial charge in [-0.25, -0.2) is 14.4 Å². The lowest BCUT2D eigenvalue weighted by molar-refractivity contribution is -0.138. The molecule has 8 nitrogen and oxygen atoms in total. The first-order valence-corrected chi connectivity index (χ1v) is 7.81. The van der Waals surface area contributed by atoms with Crippen molar-refractivity contribution >= 4 is 33.9 Å². The van der Waals surface area contributed by atoms with Gasteiger partial charge in [-0.2, -0.15) is 0 Å². The average molecular weight is 399 g/mol. The minimum Gasteiger partial charge on any atom is -0.507 e. The highest BCUT2D eigenvalue weighted by Gasteiger charge is 2.25. The largest absolute Gasteiger partial charge is 0.507 e. The number of phenolic OH excluding ortho intramolecular Hbond substituents is 1. The Labute approximate surface area is 145 Å². The molecule has 0 radical (unpaired) electrons. The fourth-order valence-corrected chi connectivity index (χ4v) is 2.32. The monoisotopic (exact) mass is 398 g/mol. The van der Waals surface area contributed by atoms with E-state index in [-0.39, 0.29) is 42.3 Å². The molecular formula is C15H15BrN2O6. The number of amides is 2. The number of benzene rings is 1. The summed E-state index contributed by atoms with van der Waals surface area (Å²) in [6, 6.07) is 3.80. The van der Waals surface area contributed by atoms with Crippen LogP contribution in [-0.4, -0.2) is 42.8 Å². The summed E-state index contributed by atoms with van der Waals surface area (Å²) in [5.74, 6) is -1.64. The Bertz CT molecular complexity index is 716. The van der Waals surface area contributed by atoms with Crippen LogP contribution in [0, 0.1) is 0 Å². The molecule has 0 atom stereocenters. The third-order valence-electron chi connectivity index (χ3n) is 3.10. The standard InChI is InChI=1S/C15H15BrN2O6/c1-2-23-14(21)10-6-17-15(22)18-11(10)7-24-13(20)9-5-8(16)3-4-12(9)19/h3-5,19H,2,6-7H2,1H3,(H2,17,18,22). The van der Waals surface area contributed by atoms with Gasteiger partial charge in [-0.1, -0.05) is 15.9 Å². The van der Waals surface area contributed by atoms with E-state index in [2.05, 4.69) is 26.6 Å². The quantitative estimate of drug-likeness (QED) is 0.646. The van der Waals surface area contributed by atoms with E-state index in [4.69, 9.17) is 9.47 Å². The maximum Gasteiger partial charge on any atom is 0.342 e. The van der Waals surface area contributed by atoms with Crippen LogP contribution in [0.4, 0.5) is 4.79 Å². The molecule has 3 N–H and O–H groups in total. The van der Waals surface area contributed by atoms with Crippen molar-refractivity contribution in [3.8, 4) is 5.75 Å². The molecule has 128 valence electrons. The fourth-order valence-electron chi connectivity index (χ4n) is 1.96. The first-order chi connectivity index (χ1) is 11.4. The molecule has 1 aromatic rings. The second-order valence-corrected chi connectivity index (χ2v) is 5.64. The van der Waals surface area contributed by atoms with Crippen molar-refractivity contribution in [2.45, 2.75) is 6.92 Å². The Hall–Kier alpha value is -2.55. The van der Waals surface area contributed by atoms with Crippen molar-refractivity contribution < 1.29 is 29.0 Å². The number of ether oxygens (including phenoxy) is 2. The molecule has 0 aliphatic carbocycles. The predicted octanol–water partition coefficient (Wildman–Crippen LogP) is 1.44. The summed E-state index contributed by atoms with van der Waals surface area (Å²) in [5, 5.41) is 14.6. The normalized spacial score (nSPS) is 13.8. The molecule has 2 amide bonds. The van der Waals surface area contributed by atoms with Gasteiger partial charge in [-0.15, -0.1) is 0 Å². The van der Waals surface area contributed by atoms with Crippen molar-refractivity contribution in [2.75, 3.05) is 19.8 Å². The lowest BCUT2D eigenvalue weighted by Gasteiger charge is -2.21. The maximum absolute atomic E-state index is 12.1. The molecule has 0 saturated heterocycles. The summed E-state index contributed by atoms with van der Waals surface area (Å²) in [6.45, 7) is 1.46. The van der Waals surface area contributed by atoms with Crippen LogP contribution in [0.25, 0.3) is 0 Å². The molecule has 1 heterocycles. The molecule has 9 heteroatoms. The van der Waals surface area contributed by atoms with E-state index < -0.39 is 18.0 Å². The van der Waals surface area contributed by atoms with Crippen LogP contribution in [0.2, 0.25) is 0 Å². The summed E-state index contributed by atoms with van der Waals surface area (Å²) in [4.78, 5) is 35.4. The van der Waals surface area contributed by atoms with Crippen molar-refractivity contribution in [3.63, 3.8) is 0 Å². The molecule has 1 aromatic carbocycles. The molecule has 0 spiro atoms. The molecular weight excluding hydrogens is 384 g/mol. The molecule has 0 aromatic heterocycles. The number of urea groups is 1. The van der Waals surface area contributed by atoms with Gasteiger partial charge in [0.15, 0.2) is 0 Å². The molecule has 1 aliphatic heterocycles. The van der Waals surface area contributed by atoms with Gasteiger partial charge in [0, 0.05) is 4.47 Å². The van der Waals surface area contributed by atoms with E-state index >= 15 is 0 Å². The number of carbonyl (C=O) groups excluding carboxylic acids is 3. The zero-order chi connectivity index (χ0) is 17.7. The van der Waals surface area contributed by atoms with Crippen LogP contribution in [-0.2, 0) is 14.3 Å². The van der Waals surface area contributed by atoms with Crippen LogP contribution in [0.15, 0.2) is 33.9 Å². The van der Waals surface area contributed by atoms with Crippen LogP contribution < -0.4 is 10.6 Å². The molecule has 24 heavy (non-hydrogen) atoms. The molecule has 0 unspecified atom stereocenters. The maximum atomic E-state index is 12.1. The summed E-state index contributed by atoms with van der Waals surface area (Å²) < 4.78 is 10.6. The van der Waals surface area contributed by atoms with Crippen LogP contribution in [0.3, 0.4) is 0 Å². The zero-order valence-corrected chi connectivity index (χ0v) is 14.3. The lowest BCUT2D eigenvalue weighted by atomic mass is 10.1. The van der Waals surface area contributed by atoms with Crippen LogP contribution in [0.5, 0.6) is 5.75 Å². The zero-order valence-electron chi connectivity index (χ0n) is 12.7. The minimum absolute atomic E-state index is 0.0281. The SMILES string of the molecule is CCOC(=O)C1=C(COC(=O)c2cc(Br)ccc2O)NC(=O)NC1. The number of aromatic hydroxyl groups is 1. The molecule has 2 rings (SSSR count). The number of hydrogen-bond acceptors (Lipinski definition) is 6. The average Bonchev–Trinajstić information content (AvgIpc) is 2.55. The Morgan fingerprint density at radius 2 is 2.04 bits per heavy atom. The Kier molecular flexibility index (Phi) is 5.80. The van der Waals surface area contributed by atoms with Gasteiger partial charge in [-0.05, 0) is 25.1 Å². The van der Waals surface area contributed by atoms with E-state index in [1.807, 2.05) is 0 Å². The third-order valence-corrected chi connectivity index (χ3v) is 3.60. The van der Waals surface area contributed by atoms with Gasteiger partial charge in [0.1, 0.15) is 17.9 Å². The number of esters is 2. The second kappa shape index (κ2) is 7.82. The molecule has 1 aliphatic rings. The second-order valence-electron chi connectivity index (χ2n) is 4.72. The third kappa shape index (κ3) is 4.25. The first kappa shape index (κ1) is 17.8. The highest BCUT2D eigenvalue weighted by molar-refractivity contribution is 9.10. The smallest absolute Gasteiger partial charge is 0.342 e. The van der Waals surface area contributed by atoms with Gasteiger partial charge in [0.05, 0.1) is 24.4 Å². The van der Waals surface area contributed by atoms with Crippen molar-refractivity contribution in [1.82, 2.24) is 10.6 Å². The van der Waals surface area contributed by atoms with Gasteiger partial charge in [0.25, 0.3) is 0 Å². The van der Waals surface area contributed by atoms with Crippen molar-refractivity contribution in [2.24, 2.45) is 0 Å². The Morgan fingerprint density at radius 3 is 2.75 bits per heavy atom. The van der Waals surface area contributed by atoms with E-state index in [0.717, 1.165) is 0 Å². The van der Waals surface area contributed by atoms with Gasteiger partial charge in [-0.3, -0.25) is 0 Å². The Morgan fingerprint density at radius 1 is 1.29 bits per heavy atom. The number of nitrogens with one attached hydrogen (secondary N) is 2. The minimum atomic E-state index is -0.794. The topological polar surface area (TPSA) is 114 Å². The summed E-state index contributed by atoms with van der Waals surface area (Å²) in [6.07, 6.45) is 0. The highest BCUT2D eigenvalue weighted by atomic mass is 79.9. The Balaban J connectivity index is 2.14. The first-order valence-electron chi connectivity index (χ1n) is 7.02. The van der Waals surface area contributed by atoms with Crippen molar-refractivity contribution in [1.29, 1.82) is 0 Å². The fraction of sp³-hybridized carbons (Fsp3) is 0.267. The lowest BCUT2D eigenvalue weighted by Crippen LogP contribution is -2.45. The number of rotatable bonds is 5. The summed E-state index contributed by atoms with van der Waals surface area (Å²) in [7, 11) is 0. The van der Waals surface area contributed by atoms with E-state index in [9.17, 15) is 19.5 Å². The van der Waals surface area contributed by atoms with E-state index in [0.29, 0.717) is 4.47 Å². The van der Waals surface area contributed by atoms with E-state index in [1.54, 1.807) is 13.0 Å². The van der Waals surface area contributed by atoms with Gasteiger partial charge >= 0.3 is 18.0 Å². The highest BCUT2D eigenvalue weighted by Crippen LogP contribution is 2.23. The van der Waals surface area contributed by atoms with Gasteiger partial charge < -0.3 is 25.2 Å². The van der Waals surface area contributed by atoms with Crippen molar-refractivity contribution in [3.05, 3.63) is 39.5 Å². The van der Waals surface area contributed by atoms with Crippen LogP contribution in [0.1, 0.15) is 17.3 Å². The number of phenols is 1. The van der Waals surface area contributed by atoms with Crippen LogP contribution >= 0.6 is 15.9 Å². The number of hydrogen-bond donors (Lipinski definition) is 3. The molecule has 0 bridgehead atoms. The number of halogens is 1. The summed E-state index contributed by atoms with van der Waals surface area (Å²) in [5.41, 5.74) is 0.269. The number of carbonyl (C=O) groups is 3. The van der Waals surface area contributed by atoms with Gasteiger partial charge in [0.2, 0.25) is 0 Å². The summed E-state index contributed by atoms with van der Waals surface area (Å²) >= 11 is 3.19. The molecule has 0 fully saturated rings.